The Morgan fingerprint density at radius 2 is 1.79 bits per heavy atom. The molecule has 1 amide bonds. The molecule has 0 spiro atoms. The van der Waals surface area contributed by atoms with E-state index >= 15 is 0 Å². The Bertz CT molecular complexity index is 1190. The number of hydrogen-bond donors (Lipinski definition) is 1. The summed E-state index contributed by atoms with van der Waals surface area (Å²) in [4.78, 5) is 17.2. The summed E-state index contributed by atoms with van der Waals surface area (Å²) in [5.74, 6) is 0.512. The third kappa shape index (κ3) is 5.66. The first-order valence-corrected chi connectivity index (χ1v) is 13.4. The molecule has 33 heavy (non-hydrogen) atoms. The first kappa shape index (κ1) is 23.5. The number of aromatic nitrogens is 2. The van der Waals surface area contributed by atoms with Gasteiger partial charge in [0.1, 0.15) is 0 Å². The Balaban J connectivity index is 1.24. The fourth-order valence-electron chi connectivity index (χ4n) is 3.95. The predicted octanol–water partition coefficient (Wildman–Crippen LogP) is 3.49. The average Bonchev–Trinajstić information content (AvgIpc) is 3.31. The maximum absolute atomic E-state index is 12.8. The number of hydrogen-bond acceptors (Lipinski definition) is 5. The lowest BCUT2D eigenvalue weighted by Crippen LogP contribution is -2.41. The van der Waals surface area contributed by atoms with Gasteiger partial charge in [-0.2, -0.15) is 4.31 Å². The molecule has 1 aliphatic heterocycles. The highest BCUT2D eigenvalue weighted by atomic mass is 32.2. The standard InChI is InChI=1S/C24H28N4O3S2/c1-19-7-5-6-10-22(19)28-16-13-25-24(28)32-18-23(29)26-17-20-11-14-27(15-12-20)33(30,31)21-8-3-2-4-9-21/h2-10,13,16,20H,11-12,14-15,17-18H2,1H3,(H,26,29). The maximum atomic E-state index is 12.8. The lowest BCUT2D eigenvalue weighted by Gasteiger charge is -2.31. The summed E-state index contributed by atoms with van der Waals surface area (Å²) in [6, 6.07) is 16.6. The van der Waals surface area contributed by atoms with Gasteiger partial charge in [-0.05, 0) is 49.4 Å². The van der Waals surface area contributed by atoms with E-state index in [2.05, 4.69) is 10.3 Å². The van der Waals surface area contributed by atoms with Crippen LogP contribution < -0.4 is 5.32 Å². The molecule has 0 bridgehead atoms. The van der Waals surface area contributed by atoms with Crippen LogP contribution in [0.15, 0.2) is 77.0 Å². The van der Waals surface area contributed by atoms with E-state index in [-0.39, 0.29) is 17.6 Å². The molecule has 2 aromatic carbocycles. The van der Waals surface area contributed by atoms with E-state index in [4.69, 9.17) is 0 Å². The number of aryl methyl sites for hydroxylation is 1. The summed E-state index contributed by atoms with van der Waals surface area (Å²) < 4.78 is 29.0. The van der Waals surface area contributed by atoms with Gasteiger partial charge in [0.15, 0.2) is 5.16 Å². The second-order valence-corrected chi connectivity index (χ2v) is 11.0. The minimum absolute atomic E-state index is 0.0429. The van der Waals surface area contributed by atoms with Crippen molar-refractivity contribution in [3.63, 3.8) is 0 Å². The van der Waals surface area contributed by atoms with Crippen LogP contribution >= 0.6 is 11.8 Å². The van der Waals surface area contributed by atoms with Crippen molar-refractivity contribution in [2.75, 3.05) is 25.4 Å². The summed E-state index contributed by atoms with van der Waals surface area (Å²) in [5.41, 5.74) is 2.19. The van der Waals surface area contributed by atoms with Crippen LogP contribution in [-0.4, -0.2) is 53.6 Å². The molecule has 0 atom stereocenters. The van der Waals surface area contributed by atoms with Crippen molar-refractivity contribution in [3.8, 4) is 5.69 Å². The number of benzene rings is 2. The molecule has 0 unspecified atom stereocenters. The maximum Gasteiger partial charge on any atom is 0.243 e. The number of para-hydroxylation sites is 1. The van der Waals surface area contributed by atoms with Gasteiger partial charge in [-0.15, -0.1) is 0 Å². The van der Waals surface area contributed by atoms with Crippen LogP contribution in [0.25, 0.3) is 5.69 Å². The Kier molecular flexibility index (Phi) is 7.52. The smallest absolute Gasteiger partial charge is 0.243 e. The van der Waals surface area contributed by atoms with E-state index in [1.165, 1.54) is 11.8 Å². The molecule has 1 fully saturated rings. The van der Waals surface area contributed by atoms with Gasteiger partial charge < -0.3 is 5.32 Å². The van der Waals surface area contributed by atoms with Gasteiger partial charge in [0.05, 0.1) is 16.3 Å². The summed E-state index contributed by atoms with van der Waals surface area (Å²) >= 11 is 1.41. The fraction of sp³-hybridized carbons (Fsp3) is 0.333. The molecule has 4 rings (SSSR count). The normalized spacial score (nSPS) is 15.4. The highest BCUT2D eigenvalue weighted by Gasteiger charge is 2.29. The molecular formula is C24H28N4O3S2. The number of nitrogens with zero attached hydrogens (tertiary/aromatic N) is 3. The molecule has 1 saturated heterocycles. The molecule has 3 aromatic rings. The van der Waals surface area contributed by atoms with Crippen LogP contribution in [-0.2, 0) is 14.8 Å². The van der Waals surface area contributed by atoms with E-state index in [1.54, 1.807) is 34.8 Å². The number of rotatable bonds is 8. The minimum Gasteiger partial charge on any atom is -0.355 e. The van der Waals surface area contributed by atoms with E-state index in [0.717, 1.165) is 29.2 Å². The zero-order chi connectivity index (χ0) is 23.3. The van der Waals surface area contributed by atoms with Crippen molar-refractivity contribution < 1.29 is 13.2 Å². The first-order chi connectivity index (χ1) is 15.9. The monoisotopic (exact) mass is 484 g/mol. The number of piperidine rings is 1. The summed E-state index contributed by atoms with van der Waals surface area (Å²) in [6.07, 6.45) is 5.11. The molecule has 0 saturated carbocycles. The molecule has 1 aromatic heterocycles. The van der Waals surface area contributed by atoms with Gasteiger partial charge in [-0.1, -0.05) is 48.2 Å². The fourth-order valence-corrected chi connectivity index (χ4v) is 6.23. The molecule has 7 nitrogen and oxygen atoms in total. The Labute approximate surface area is 199 Å². The van der Waals surface area contributed by atoms with Crippen LogP contribution in [0.4, 0.5) is 0 Å². The molecule has 9 heteroatoms. The van der Waals surface area contributed by atoms with Crippen molar-refractivity contribution in [1.29, 1.82) is 0 Å². The predicted molar refractivity (Wildman–Crippen MR) is 130 cm³/mol. The molecule has 0 aliphatic carbocycles. The highest BCUT2D eigenvalue weighted by molar-refractivity contribution is 7.99. The number of thioether (sulfide) groups is 1. The SMILES string of the molecule is Cc1ccccc1-n1ccnc1SCC(=O)NCC1CCN(S(=O)(=O)c2ccccc2)CC1. The van der Waals surface area contributed by atoms with E-state index in [0.29, 0.717) is 24.5 Å². The average molecular weight is 485 g/mol. The molecule has 0 radical (unpaired) electrons. The third-order valence-electron chi connectivity index (χ3n) is 5.86. The number of imidazole rings is 1. The van der Waals surface area contributed by atoms with Crippen LogP contribution in [0, 0.1) is 12.8 Å². The minimum atomic E-state index is -3.45. The highest BCUT2D eigenvalue weighted by Crippen LogP contribution is 2.24. The second-order valence-electron chi connectivity index (χ2n) is 8.12. The molecule has 174 valence electrons. The van der Waals surface area contributed by atoms with Gasteiger partial charge in [0.25, 0.3) is 0 Å². The number of carbonyl (C=O) groups excluding carboxylic acids is 1. The number of nitrogens with one attached hydrogen (secondary N) is 1. The number of carbonyl (C=O) groups is 1. The van der Waals surface area contributed by atoms with Crippen LogP contribution in [0.3, 0.4) is 0 Å². The molecule has 1 N–H and O–H groups in total. The van der Waals surface area contributed by atoms with Gasteiger partial charge in [-0.25, -0.2) is 13.4 Å². The zero-order valence-electron chi connectivity index (χ0n) is 18.6. The van der Waals surface area contributed by atoms with Gasteiger partial charge in [0, 0.05) is 32.0 Å². The van der Waals surface area contributed by atoms with Crippen molar-refractivity contribution in [1.82, 2.24) is 19.2 Å². The Hall–Kier alpha value is -2.62. The Morgan fingerprint density at radius 1 is 1.09 bits per heavy atom. The largest absolute Gasteiger partial charge is 0.355 e. The molecule has 2 heterocycles. The topological polar surface area (TPSA) is 84.3 Å². The van der Waals surface area contributed by atoms with Crippen molar-refractivity contribution >= 4 is 27.7 Å². The molecule has 1 aliphatic rings. The Morgan fingerprint density at radius 3 is 2.52 bits per heavy atom. The van der Waals surface area contributed by atoms with E-state index in [1.807, 2.05) is 48.0 Å². The van der Waals surface area contributed by atoms with Crippen molar-refractivity contribution in [3.05, 3.63) is 72.6 Å². The number of amides is 1. The van der Waals surface area contributed by atoms with Crippen LogP contribution in [0.1, 0.15) is 18.4 Å². The van der Waals surface area contributed by atoms with Crippen molar-refractivity contribution in [2.45, 2.75) is 29.8 Å². The summed E-state index contributed by atoms with van der Waals surface area (Å²) in [5, 5.41) is 3.78. The lowest BCUT2D eigenvalue weighted by molar-refractivity contribution is -0.118. The lowest BCUT2D eigenvalue weighted by atomic mass is 9.98. The summed E-state index contributed by atoms with van der Waals surface area (Å²) in [7, 11) is -3.45. The van der Waals surface area contributed by atoms with Gasteiger partial charge in [0.2, 0.25) is 15.9 Å². The van der Waals surface area contributed by atoms with Gasteiger partial charge in [-0.3, -0.25) is 9.36 Å². The third-order valence-corrected chi connectivity index (χ3v) is 8.74. The number of sulfonamides is 1. The summed E-state index contributed by atoms with van der Waals surface area (Å²) in [6.45, 7) is 3.55. The van der Waals surface area contributed by atoms with Crippen LogP contribution in [0.5, 0.6) is 0 Å². The van der Waals surface area contributed by atoms with Gasteiger partial charge >= 0.3 is 0 Å². The zero-order valence-corrected chi connectivity index (χ0v) is 20.2. The quantitative estimate of drug-likeness (QED) is 0.495. The van der Waals surface area contributed by atoms with Crippen LogP contribution in [0.2, 0.25) is 0 Å². The molecular weight excluding hydrogens is 456 g/mol. The van der Waals surface area contributed by atoms with E-state index < -0.39 is 10.0 Å². The van der Waals surface area contributed by atoms with E-state index in [9.17, 15) is 13.2 Å². The van der Waals surface area contributed by atoms with Crippen molar-refractivity contribution in [2.24, 2.45) is 5.92 Å². The second kappa shape index (κ2) is 10.5. The first-order valence-electron chi connectivity index (χ1n) is 11.0.